The summed E-state index contributed by atoms with van der Waals surface area (Å²) in [5.74, 6) is 0. The van der Waals surface area contributed by atoms with Crippen LogP contribution in [-0.4, -0.2) is 6.71 Å². The maximum Gasteiger partial charge on any atom is 0.246 e. The van der Waals surface area contributed by atoms with Gasteiger partial charge >= 0.3 is 0 Å². The van der Waals surface area contributed by atoms with Crippen LogP contribution in [0, 0.1) is 0 Å². The van der Waals surface area contributed by atoms with Crippen LogP contribution in [0.3, 0.4) is 0 Å². The SMILES string of the molecule is CC(C)(C)c1cc2c3c(c1)C(c1ccccc1)(c1ccccc1)c1cccc4c1N3c1c(cccc1C4(c1ccccc1)c1ccccc1)B2c1ccccc1. The van der Waals surface area contributed by atoms with Gasteiger partial charge in [-0.25, -0.2) is 0 Å². The molecule has 0 radical (unpaired) electrons. The molecular weight excluding hydrogens is 673 g/mol. The van der Waals surface area contributed by atoms with Crippen LogP contribution >= 0.6 is 0 Å². The monoisotopic (exact) mass is 715 g/mol. The number of anilines is 3. The van der Waals surface area contributed by atoms with Crippen LogP contribution in [0.1, 0.15) is 70.8 Å². The number of hydrogen-bond acceptors (Lipinski definition) is 1. The first kappa shape index (κ1) is 33.0. The minimum Gasteiger partial charge on any atom is -0.310 e. The van der Waals surface area contributed by atoms with Crippen LogP contribution in [-0.2, 0) is 16.2 Å². The fraction of sp³-hybridized carbons (Fsp3) is 0.111. The van der Waals surface area contributed by atoms with Crippen LogP contribution in [0.25, 0.3) is 0 Å². The second kappa shape index (κ2) is 12.1. The Balaban J connectivity index is 1.42. The number of rotatable bonds is 5. The second-order valence-electron chi connectivity index (χ2n) is 16.8. The third-order valence-corrected chi connectivity index (χ3v) is 13.0. The summed E-state index contributed by atoms with van der Waals surface area (Å²) >= 11 is 0. The van der Waals surface area contributed by atoms with E-state index >= 15 is 0 Å². The molecule has 0 saturated carbocycles. The molecule has 0 saturated heterocycles. The summed E-state index contributed by atoms with van der Waals surface area (Å²) in [7, 11) is 0. The van der Waals surface area contributed by atoms with E-state index in [2.05, 4.69) is 226 Å². The highest BCUT2D eigenvalue weighted by atomic mass is 15.2. The van der Waals surface area contributed by atoms with Crippen LogP contribution < -0.4 is 21.3 Å². The smallest absolute Gasteiger partial charge is 0.246 e. The van der Waals surface area contributed by atoms with E-state index in [1.54, 1.807) is 0 Å². The molecular formula is C54H42BN. The van der Waals surface area contributed by atoms with E-state index in [9.17, 15) is 0 Å². The van der Waals surface area contributed by atoms with Gasteiger partial charge < -0.3 is 4.90 Å². The van der Waals surface area contributed by atoms with Gasteiger partial charge in [-0.05, 0) is 66.4 Å². The van der Waals surface area contributed by atoms with Gasteiger partial charge in [-0.1, -0.05) is 226 Å². The maximum absolute atomic E-state index is 2.71. The molecule has 8 aromatic rings. The summed E-state index contributed by atoms with van der Waals surface area (Å²) in [4.78, 5) is 2.71. The standard InChI is InChI=1S/C54H42BN/c1-52(2,3)41-35-46-51-48(36-41)55(42-29-17-8-18-30-42)47-34-20-33-45-50(47)56(51)49-43(53(45,37-21-9-4-10-22-37)38-23-11-5-12-24-38)31-19-32-44(49)54(46,39-25-13-6-14-26-39)40-27-15-7-16-28-40/h4-36H,1-3H3. The van der Waals surface area contributed by atoms with Gasteiger partial charge in [0, 0.05) is 11.4 Å². The summed E-state index contributed by atoms with van der Waals surface area (Å²) in [6.45, 7) is 7.12. The van der Waals surface area contributed by atoms with E-state index in [0.29, 0.717) is 0 Å². The molecule has 0 atom stereocenters. The van der Waals surface area contributed by atoms with Gasteiger partial charge in [0.1, 0.15) is 0 Å². The lowest BCUT2D eigenvalue weighted by Crippen LogP contribution is -2.61. The van der Waals surface area contributed by atoms with Crippen molar-refractivity contribution in [2.45, 2.75) is 37.0 Å². The van der Waals surface area contributed by atoms with Crippen molar-refractivity contribution in [3.63, 3.8) is 0 Å². The lowest BCUT2D eigenvalue weighted by molar-refractivity contribution is 0.587. The Labute approximate surface area is 331 Å². The molecule has 3 heterocycles. The number of nitrogens with zero attached hydrogens (tertiary/aromatic N) is 1. The van der Waals surface area contributed by atoms with E-state index in [-0.39, 0.29) is 12.1 Å². The minimum atomic E-state index is -0.611. The molecule has 11 rings (SSSR count). The van der Waals surface area contributed by atoms with Crippen molar-refractivity contribution in [2.75, 3.05) is 4.90 Å². The molecule has 0 spiro atoms. The Bertz CT molecular complexity index is 2690. The van der Waals surface area contributed by atoms with Gasteiger partial charge in [0.2, 0.25) is 6.71 Å². The van der Waals surface area contributed by atoms with Crippen LogP contribution in [0.15, 0.2) is 200 Å². The van der Waals surface area contributed by atoms with E-state index in [1.165, 1.54) is 83.5 Å². The van der Waals surface area contributed by atoms with Crippen molar-refractivity contribution in [3.05, 3.63) is 250 Å². The zero-order chi connectivity index (χ0) is 37.6. The fourth-order valence-electron chi connectivity index (χ4n) is 10.7. The molecule has 0 unspecified atom stereocenters. The molecule has 1 nitrogen and oxygen atoms in total. The number of benzene rings is 8. The van der Waals surface area contributed by atoms with Gasteiger partial charge in [-0.3, -0.25) is 0 Å². The largest absolute Gasteiger partial charge is 0.310 e. The third kappa shape index (κ3) is 4.27. The molecule has 0 aromatic heterocycles. The molecule has 266 valence electrons. The molecule has 0 amide bonds. The number of hydrogen-bond donors (Lipinski definition) is 0. The third-order valence-electron chi connectivity index (χ3n) is 13.0. The van der Waals surface area contributed by atoms with Crippen LogP contribution in [0.2, 0.25) is 0 Å². The fourth-order valence-corrected chi connectivity index (χ4v) is 10.7. The Morgan fingerprint density at radius 1 is 0.375 bits per heavy atom. The Hall–Kier alpha value is -6.38. The van der Waals surface area contributed by atoms with Crippen molar-refractivity contribution in [3.8, 4) is 0 Å². The predicted octanol–water partition coefficient (Wildman–Crippen LogP) is 10.7. The molecule has 0 fully saturated rings. The van der Waals surface area contributed by atoms with Gasteiger partial charge in [-0.15, -0.1) is 0 Å². The molecule has 3 aliphatic heterocycles. The molecule has 0 aliphatic carbocycles. The first-order valence-corrected chi connectivity index (χ1v) is 20.0. The topological polar surface area (TPSA) is 3.24 Å². The number of para-hydroxylation sites is 2. The van der Waals surface area contributed by atoms with Crippen molar-refractivity contribution in [2.24, 2.45) is 0 Å². The first-order chi connectivity index (χ1) is 27.4. The van der Waals surface area contributed by atoms with Gasteiger partial charge in [0.05, 0.1) is 16.5 Å². The highest BCUT2D eigenvalue weighted by molar-refractivity contribution is 6.98. The zero-order valence-electron chi connectivity index (χ0n) is 32.1. The Kier molecular flexibility index (Phi) is 7.11. The van der Waals surface area contributed by atoms with Gasteiger partial charge in [-0.2, -0.15) is 0 Å². The average Bonchev–Trinajstić information content (AvgIpc) is 3.25. The molecule has 8 aromatic carbocycles. The quantitative estimate of drug-likeness (QED) is 0.160. The Morgan fingerprint density at radius 3 is 1.23 bits per heavy atom. The first-order valence-electron chi connectivity index (χ1n) is 20.0. The summed E-state index contributed by atoms with van der Waals surface area (Å²) in [5.41, 5.74) is 18.4. The average molecular weight is 716 g/mol. The minimum absolute atomic E-state index is 0.0266. The lowest BCUT2D eigenvalue weighted by atomic mass is 9.33. The molecule has 56 heavy (non-hydrogen) atoms. The van der Waals surface area contributed by atoms with Crippen molar-refractivity contribution < 1.29 is 0 Å². The van der Waals surface area contributed by atoms with Crippen molar-refractivity contribution in [1.82, 2.24) is 0 Å². The highest BCUT2D eigenvalue weighted by Crippen LogP contribution is 2.65. The molecule has 0 N–H and O–H groups in total. The Morgan fingerprint density at radius 2 is 0.768 bits per heavy atom. The summed E-state index contributed by atoms with van der Waals surface area (Å²) in [6.07, 6.45) is 0. The van der Waals surface area contributed by atoms with E-state index in [0.717, 1.165) is 0 Å². The van der Waals surface area contributed by atoms with Gasteiger partial charge in [0.25, 0.3) is 0 Å². The van der Waals surface area contributed by atoms with Crippen LogP contribution in [0.5, 0.6) is 0 Å². The molecule has 2 heteroatoms. The van der Waals surface area contributed by atoms with E-state index in [4.69, 9.17) is 0 Å². The normalized spacial score (nSPS) is 15.3. The van der Waals surface area contributed by atoms with Crippen molar-refractivity contribution >= 4 is 40.2 Å². The van der Waals surface area contributed by atoms with E-state index in [1.807, 2.05) is 0 Å². The predicted molar refractivity (Wildman–Crippen MR) is 235 cm³/mol. The van der Waals surface area contributed by atoms with Crippen molar-refractivity contribution in [1.29, 1.82) is 0 Å². The van der Waals surface area contributed by atoms with E-state index < -0.39 is 10.8 Å². The highest BCUT2D eigenvalue weighted by Gasteiger charge is 2.57. The second-order valence-corrected chi connectivity index (χ2v) is 16.8. The summed E-state index contributed by atoms with van der Waals surface area (Å²) in [5, 5.41) is 0. The zero-order valence-corrected chi connectivity index (χ0v) is 32.1. The lowest BCUT2D eigenvalue weighted by Gasteiger charge is -2.56. The molecule has 0 bridgehead atoms. The summed E-state index contributed by atoms with van der Waals surface area (Å²) in [6, 6.07) is 75.9. The molecule has 3 aliphatic rings. The van der Waals surface area contributed by atoms with Crippen LogP contribution in [0.4, 0.5) is 17.1 Å². The maximum atomic E-state index is 2.71. The van der Waals surface area contributed by atoms with Gasteiger partial charge in [0.15, 0.2) is 0 Å². The summed E-state index contributed by atoms with van der Waals surface area (Å²) < 4.78 is 0.